The van der Waals surface area contributed by atoms with Gasteiger partial charge in [0, 0.05) is 25.3 Å². The van der Waals surface area contributed by atoms with E-state index in [4.69, 9.17) is 4.74 Å². The highest BCUT2D eigenvalue weighted by Crippen LogP contribution is 2.14. The molecule has 112 valence electrons. The molecule has 0 saturated carbocycles. The van der Waals surface area contributed by atoms with Crippen molar-refractivity contribution in [3.8, 4) is 0 Å². The molecule has 0 aromatic heterocycles. The fourth-order valence-corrected chi connectivity index (χ4v) is 2.81. The summed E-state index contributed by atoms with van der Waals surface area (Å²) in [5.74, 6) is -0.118. The largest absolute Gasteiger partial charge is 0.383 e. The van der Waals surface area contributed by atoms with E-state index in [2.05, 4.69) is 10.0 Å². The molecule has 0 aliphatic carbocycles. The normalized spacial score (nSPS) is 12.9. The molecule has 0 heterocycles. The van der Waals surface area contributed by atoms with Crippen molar-refractivity contribution < 1.29 is 17.9 Å². The van der Waals surface area contributed by atoms with Gasteiger partial charge < -0.3 is 10.1 Å². The molecule has 0 bridgehead atoms. The van der Waals surface area contributed by atoms with Crippen molar-refractivity contribution in [2.75, 3.05) is 19.0 Å². The van der Waals surface area contributed by atoms with E-state index in [0.29, 0.717) is 18.7 Å². The van der Waals surface area contributed by atoms with Gasteiger partial charge >= 0.3 is 0 Å². The Bertz CT molecular complexity index is 540. The lowest BCUT2D eigenvalue weighted by Crippen LogP contribution is -2.35. The maximum Gasteiger partial charge on any atom is 0.240 e. The quantitative estimate of drug-likeness (QED) is 0.796. The van der Waals surface area contributed by atoms with Gasteiger partial charge in [0.2, 0.25) is 15.9 Å². The molecule has 7 heteroatoms. The Morgan fingerprint density at radius 2 is 1.90 bits per heavy atom. The number of amides is 1. The highest BCUT2D eigenvalue weighted by molar-refractivity contribution is 7.89. The zero-order valence-electron chi connectivity index (χ0n) is 11.8. The van der Waals surface area contributed by atoms with Crippen molar-refractivity contribution in [2.24, 2.45) is 0 Å². The molecule has 1 atom stereocenters. The van der Waals surface area contributed by atoms with Crippen molar-refractivity contribution in [3.05, 3.63) is 24.3 Å². The number of hydrogen-bond acceptors (Lipinski definition) is 4. The molecule has 1 amide bonds. The highest BCUT2D eigenvalue weighted by Gasteiger charge is 2.17. The fraction of sp³-hybridized carbons (Fsp3) is 0.462. The molecule has 0 saturated heterocycles. The third-order valence-electron chi connectivity index (χ3n) is 2.54. The van der Waals surface area contributed by atoms with Gasteiger partial charge in [-0.3, -0.25) is 4.79 Å². The zero-order valence-corrected chi connectivity index (χ0v) is 12.7. The van der Waals surface area contributed by atoms with Gasteiger partial charge in [-0.15, -0.1) is 0 Å². The summed E-state index contributed by atoms with van der Waals surface area (Å²) in [6, 6.07) is 5.71. The second-order valence-corrected chi connectivity index (χ2v) is 6.12. The van der Waals surface area contributed by atoms with Crippen molar-refractivity contribution in [1.29, 1.82) is 0 Å². The maximum absolute atomic E-state index is 12.1. The number of hydrogen-bond donors (Lipinski definition) is 2. The minimum atomic E-state index is -3.58. The van der Waals surface area contributed by atoms with Crippen LogP contribution in [0.1, 0.15) is 20.3 Å². The average Bonchev–Trinajstić information content (AvgIpc) is 2.38. The summed E-state index contributed by atoms with van der Waals surface area (Å²) in [6.45, 7) is 3.76. The molecule has 0 radical (unpaired) electrons. The number of benzene rings is 1. The second kappa shape index (κ2) is 7.37. The van der Waals surface area contributed by atoms with Gasteiger partial charge in [0.25, 0.3) is 0 Å². The van der Waals surface area contributed by atoms with Gasteiger partial charge in [-0.05, 0) is 31.2 Å². The van der Waals surface area contributed by atoms with E-state index in [0.717, 1.165) is 0 Å². The van der Waals surface area contributed by atoms with E-state index in [9.17, 15) is 13.2 Å². The topological polar surface area (TPSA) is 84.5 Å². The van der Waals surface area contributed by atoms with Gasteiger partial charge in [0.05, 0.1) is 11.5 Å². The first-order valence-corrected chi connectivity index (χ1v) is 7.78. The van der Waals surface area contributed by atoms with Crippen LogP contribution >= 0.6 is 0 Å². The van der Waals surface area contributed by atoms with Crippen LogP contribution in [0.15, 0.2) is 29.2 Å². The number of carbonyl (C=O) groups excluding carboxylic acids is 1. The first-order valence-electron chi connectivity index (χ1n) is 6.30. The molecule has 1 aromatic carbocycles. The lowest BCUT2D eigenvalue weighted by atomic mass is 10.3. The second-order valence-electron chi connectivity index (χ2n) is 4.40. The van der Waals surface area contributed by atoms with E-state index >= 15 is 0 Å². The summed E-state index contributed by atoms with van der Waals surface area (Å²) in [6.07, 6.45) is 0.371. The first-order chi connectivity index (χ1) is 9.39. The molecular weight excluding hydrogens is 280 g/mol. The van der Waals surface area contributed by atoms with Gasteiger partial charge in [-0.25, -0.2) is 13.1 Å². The van der Waals surface area contributed by atoms with Crippen LogP contribution in [0.4, 0.5) is 5.69 Å². The fourth-order valence-electron chi connectivity index (χ4n) is 1.58. The summed E-state index contributed by atoms with van der Waals surface area (Å²) in [5, 5.41) is 2.66. The van der Waals surface area contributed by atoms with Crippen LogP contribution < -0.4 is 10.0 Å². The van der Waals surface area contributed by atoms with E-state index in [1.807, 2.05) is 0 Å². The molecule has 1 rings (SSSR count). The van der Waals surface area contributed by atoms with Gasteiger partial charge in [0.1, 0.15) is 0 Å². The Morgan fingerprint density at radius 1 is 1.30 bits per heavy atom. The van der Waals surface area contributed by atoms with Crippen LogP contribution in [-0.2, 0) is 19.6 Å². The van der Waals surface area contributed by atoms with E-state index in [-0.39, 0.29) is 16.8 Å². The predicted molar refractivity (Wildman–Crippen MR) is 77.0 cm³/mol. The Kier molecular flexibility index (Phi) is 6.12. The minimum absolute atomic E-state index is 0.118. The number of carbonyl (C=O) groups is 1. The van der Waals surface area contributed by atoms with Crippen molar-refractivity contribution in [3.63, 3.8) is 0 Å². The molecule has 1 unspecified atom stereocenters. The monoisotopic (exact) mass is 300 g/mol. The molecule has 1 aromatic rings. The Morgan fingerprint density at radius 3 is 2.40 bits per heavy atom. The average molecular weight is 300 g/mol. The van der Waals surface area contributed by atoms with Crippen molar-refractivity contribution >= 4 is 21.6 Å². The van der Waals surface area contributed by atoms with E-state index in [1.165, 1.54) is 19.2 Å². The van der Waals surface area contributed by atoms with E-state index < -0.39 is 10.0 Å². The van der Waals surface area contributed by atoms with Gasteiger partial charge in [-0.1, -0.05) is 6.92 Å². The standard InChI is InChI=1S/C13H20N2O4S/c1-4-13(16)14-11-5-7-12(8-6-11)20(17,18)15-10(2)9-19-3/h5-8,10,15H,4,9H2,1-3H3,(H,14,16). The summed E-state index contributed by atoms with van der Waals surface area (Å²) >= 11 is 0. The summed E-state index contributed by atoms with van der Waals surface area (Å²) in [7, 11) is -2.07. The third-order valence-corrected chi connectivity index (χ3v) is 4.15. The molecular formula is C13H20N2O4S. The van der Waals surface area contributed by atoms with E-state index in [1.54, 1.807) is 26.0 Å². The Hall–Kier alpha value is -1.44. The van der Waals surface area contributed by atoms with Crippen LogP contribution in [0.2, 0.25) is 0 Å². The number of sulfonamides is 1. The van der Waals surface area contributed by atoms with Gasteiger partial charge in [-0.2, -0.15) is 0 Å². The maximum atomic E-state index is 12.1. The van der Waals surface area contributed by atoms with Crippen LogP contribution in [0.25, 0.3) is 0 Å². The SMILES string of the molecule is CCC(=O)Nc1ccc(S(=O)(=O)NC(C)COC)cc1. The summed E-state index contributed by atoms with van der Waals surface area (Å²) < 4.78 is 31.5. The predicted octanol–water partition coefficient (Wildman–Crippen LogP) is 1.35. The Labute approximate surface area is 119 Å². The first kappa shape index (κ1) is 16.6. The molecule has 0 fully saturated rings. The molecule has 20 heavy (non-hydrogen) atoms. The molecule has 6 nitrogen and oxygen atoms in total. The molecule has 0 spiro atoms. The van der Waals surface area contributed by atoms with Crippen LogP contribution in [0.3, 0.4) is 0 Å². The number of rotatable bonds is 7. The highest BCUT2D eigenvalue weighted by atomic mass is 32.2. The molecule has 0 aliphatic heterocycles. The lowest BCUT2D eigenvalue weighted by molar-refractivity contribution is -0.115. The van der Waals surface area contributed by atoms with Crippen molar-refractivity contribution in [2.45, 2.75) is 31.2 Å². The van der Waals surface area contributed by atoms with Crippen LogP contribution in [0.5, 0.6) is 0 Å². The zero-order chi connectivity index (χ0) is 15.2. The smallest absolute Gasteiger partial charge is 0.240 e. The Balaban J connectivity index is 2.79. The minimum Gasteiger partial charge on any atom is -0.383 e. The summed E-state index contributed by atoms with van der Waals surface area (Å²) in [4.78, 5) is 11.4. The third kappa shape index (κ3) is 4.92. The molecule has 2 N–H and O–H groups in total. The van der Waals surface area contributed by atoms with Gasteiger partial charge in [0.15, 0.2) is 0 Å². The van der Waals surface area contributed by atoms with Crippen molar-refractivity contribution in [1.82, 2.24) is 4.72 Å². The number of nitrogens with one attached hydrogen (secondary N) is 2. The number of ether oxygens (including phenoxy) is 1. The van der Waals surface area contributed by atoms with Crippen LogP contribution in [0, 0.1) is 0 Å². The number of anilines is 1. The number of methoxy groups -OCH3 is 1. The van der Waals surface area contributed by atoms with Crippen LogP contribution in [-0.4, -0.2) is 34.1 Å². The lowest BCUT2D eigenvalue weighted by Gasteiger charge is -2.13. The summed E-state index contributed by atoms with van der Waals surface area (Å²) in [5.41, 5.74) is 0.570. The molecule has 0 aliphatic rings.